The molecule has 2 aliphatic rings. The molecule has 0 saturated carbocycles. The molecule has 2 rings (SSSR count). The van der Waals surface area contributed by atoms with Gasteiger partial charge in [-0.2, -0.15) is 11.8 Å². The molecule has 2 heterocycles. The summed E-state index contributed by atoms with van der Waals surface area (Å²) in [4.78, 5) is 5.42. The van der Waals surface area contributed by atoms with Crippen molar-refractivity contribution >= 4 is 11.8 Å². The molecule has 0 aliphatic carbocycles. The van der Waals surface area contributed by atoms with Crippen molar-refractivity contribution in [1.82, 2.24) is 15.1 Å². The molecule has 2 aliphatic heterocycles. The van der Waals surface area contributed by atoms with Gasteiger partial charge in [0.1, 0.15) is 0 Å². The fraction of sp³-hybridized carbons (Fsp3) is 1.00. The largest absolute Gasteiger partial charge is 0.317 e. The second-order valence-corrected chi connectivity index (χ2v) is 7.55. The van der Waals surface area contributed by atoms with Gasteiger partial charge in [0.25, 0.3) is 0 Å². The third kappa shape index (κ3) is 3.87. The van der Waals surface area contributed by atoms with Gasteiger partial charge in [-0.3, -0.25) is 9.80 Å². The van der Waals surface area contributed by atoms with Gasteiger partial charge >= 0.3 is 0 Å². The summed E-state index contributed by atoms with van der Waals surface area (Å²) in [6.45, 7) is 10.9. The first-order valence-corrected chi connectivity index (χ1v) is 9.07. The highest BCUT2D eigenvalue weighted by Gasteiger charge is 2.39. The van der Waals surface area contributed by atoms with Gasteiger partial charge in [-0.1, -0.05) is 6.92 Å². The van der Waals surface area contributed by atoms with E-state index in [9.17, 15) is 0 Å². The average molecular weight is 286 g/mol. The lowest BCUT2D eigenvalue weighted by atomic mass is 9.86. The highest BCUT2D eigenvalue weighted by atomic mass is 32.2. The maximum Gasteiger partial charge on any atom is 0.0357 e. The molecule has 0 aromatic rings. The molecule has 19 heavy (non-hydrogen) atoms. The summed E-state index contributed by atoms with van der Waals surface area (Å²) in [5.74, 6) is 2.53. The number of hydrogen-bond donors (Lipinski definition) is 1. The molecule has 0 unspecified atom stereocenters. The Balaban J connectivity index is 2.01. The molecule has 4 heteroatoms. The van der Waals surface area contributed by atoms with E-state index in [2.05, 4.69) is 47.8 Å². The average Bonchev–Trinajstić information content (AvgIpc) is 2.58. The first kappa shape index (κ1) is 15.6. The van der Waals surface area contributed by atoms with Crippen LogP contribution < -0.4 is 5.32 Å². The Bertz CT molecular complexity index is 266. The minimum absolute atomic E-state index is 0.437. The molecule has 0 aromatic carbocycles. The zero-order valence-electron chi connectivity index (χ0n) is 13.0. The van der Waals surface area contributed by atoms with Crippen LogP contribution in [-0.2, 0) is 0 Å². The molecule has 0 amide bonds. The Kier molecular flexibility index (Phi) is 6.00. The Labute approximate surface area is 123 Å². The standard InChI is InChI=1S/C15H31N3S/c1-4-19-12-14(2)18-11-5-10-17(3)15(13-18)6-8-16-9-7-15/h14,16H,4-13H2,1-3H3/t14-/m1/s1. The van der Waals surface area contributed by atoms with Crippen LogP contribution in [-0.4, -0.2) is 72.7 Å². The Hall–Kier alpha value is 0.230. The van der Waals surface area contributed by atoms with Gasteiger partial charge in [0, 0.05) is 23.9 Å². The lowest BCUT2D eigenvalue weighted by Gasteiger charge is -2.46. The minimum atomic E-state index is 0.437. The summed E-state index contributed by atoms with van der Waals surface area (Å²) in [5.41, 5.74) is 0.437. The van der Waals surface area contributed by atoms with Crippen molar-refractivity contribution in [2.45, 2.75) is 44.7 Å². The van der Waals surface area contributed by atoms with Crippen LogP contribution in [0.15, 0.2) is 0 Å². The maximum atomic E-state index is 3.53. The summed E-state index contributed by atoms with van der Waals surface area (Å²) in [6.07, 6.45) is 3.95. The fourth-order valence-corrected chi connectivity index (χ4v) is 4.32. The van der Waals surface area contributed by atoms with Gasteiger partial charge in [0.15, 0.2) is 0 Å². The summed E-state index contributed by atoms with van der Waals surface area (Å²) in [7, 11) is 2.35. The van der Waals surface area contributed by atoms with E-state index in [4.69, 9.17) is 0 Å². The molecule has 0 bridgehead atoms. The number of rotatable bonds is 4. The van der Waals surface area contributed by atoms with E-state index in [0.717, 1.165) is 6.04 Å². The van der Waals surface area contributed by atoms with Crippen molar-refractivity contribution in [1.29, 1.82) is 0 Å². The first-order valence-electron chi connectivity index (χ1n) is 7.92. The molecule has 1 N–H and O–H groups in total. The van der Waals surface area contributed by atoms with Crippen LogP contribution in [0.4, 0.5) is 0 Å². The molecular weight excluding hydrogens is 254 g/mol. The summed E-state index contributed by atoms with van der Waals surface area (Å²) >= 11 is 2.08. The van der Waals surface area contributed by atoms with E-state index >= 15 is 0 Å². The van der Waals surface area contributed by atoms with Gasteiger partial charge in [-0.25, -0.2) is 0 Å². The number of thioether (sulfide) groups is 1. The van der Waals surface area contributed by atoms with Crippen molar-refractivity contribution in [2.24, 2.45) is 0 Å². The van der Waals surface area contributed by atoms with E-state index in [1.807, 2.05) is 0 Å². The Morgan fingerprint density at radius 2 is 2.00 bits per heavy atom. The molecule has 0 radical (unpaired) electrons. The van der Waals surface area contributed by atoms with Crippen molar-refractivity contribution in [3.63, 3.8) is 0 Å². The van der Waals surface area contributed by atoms with Crippen molar-refractivity contribution in [2.75, 3.05) is 51.3 Å². The maximum absolute atomic E-state index is 3.53. The third-order valence-corrected chi connectivity index (χ3v) is 6.09. The predicted octanol–water partition coefficient (Wildman–Crippen LogP) is 1.89. The fourth-order valence-electron chi connectivity index (χ4n) is 3.53. The third-order valence-electron chi connectivity index (χ3n) is 4.97. The van der Waals surface area contributed by atoms with Gasteiger partial charge in [0.2, 0.25) is 0 Å². The van der Waals surface area contributed by atoms with Crippen molar-refractivity contribution < 1.29 is 0 Å². The summed E-state index contributed by atoms with van der Waals surface area (Å²) in [5, 5.41) is 3.53. The van der Waals surface area contributed by atoms with E-state index in [-0.39, 0.29) is 0 Å². The Morgan fingerprint density at radius 1 is 1.26 bits per heavy atom. The van der Waals surface area contributed by atoms with Gasteiger partial charge in [-0.15, -0.1) is 0 Å². The number of likely N-dealkylation sites (N-methyl/N-ethyl adjacent to an activating group) is 1. The monoisotopic (exact) mass is 285 g/mol. The molecule has 2 saturated heterocycles. The van der Waals surface area contributed by atoms with Crippen LogP contribution in [0.5, 0.6) is 0 Å². The van der Waals surface area contributed by atoms with Crippen LogP contribution in [0.2, 0.25) is 0 Å². The van der Waals surface area contributed by atoms with Gasteiger partial charge < -0.3 is 5.32 Å². The zero-order chi connectivity index (χ0) is 13.7. The van der Waals surface area contributed by atoms with Crippen molar-refractivity contribution in [3.8, 4) is 0 Å². The van der Waals surface area contributed by atoms with Gasteiger partial charge in [-0.05, 0) is 65.2 Å². The lowest BCUT2D eigenvalue weighted by Crippen LogP contribution is -2.58. The van der Waals surface area contributed by atoms with Crippen molar-refractivity contribution in [3.05, 3.63) is 0 Å². The summed E-state index contributed by atoms with van der Waals surface area (Å²) in [6, 6.07) is 0.725. The van der Waals surface area contributed by atoms with E-state index in [1.54, 1.807) is 0 Å². The highest BCUT2D eigenvalue weighted by Crippen LogP contribution is 2.30. The molecule has 112 valence electrons. The number of hydrogen-bond acceptors (Lipinski definition) is 4. The molecule has 2 fully saturated rings. The lowest BCUT2D eigenvalue weighted by molar-refractivity contribution is 0.0578. The van der Waals surface area contributed by atoms with E-state index in [0.29, 0.717) is 5.54 Å². The molecule has 0 aromatic heterocycles. The number of nitrogens with zero attached hydrogens (tertiary/aromatic N) is 2. The smallest absolute Gasteiger partial charge is 0.0357 e. The van der Waals surface area contributed by atoms with Crippen LogP contribution in [0.1, 0.15) is 33.1 Å². The van der Waals surface area contributed by atoms with Crippen LogP contribution in [0.25, 0.3) is 0 Å². The van der Waals surface area contributed by atoms with Crippen LogP contribution in [0, 0.1) is 0 Å². The summed E-state index contributed by atoms with van der Waals surface area (Å²) < 4.78 is 0. The highest BCUT2D eigenvalue weighted by molar-refractivity contribution is 7.99. The number of piperidine rings is 1. The van der Waals surface area contributed by atoms with E-state index < -0.39 is 0 Å². The minimum Gasteiger partial charge on any atom is -0.317 e. The van der Waals surface area contributed by atoms with Gasteiger partial charge in [0.05, 0.1) is 0 Å². The first-order chi connectivity index (χ1) is 9.18. The quantitative estimate of drug-likeness (QED) is 0.850. The SMILES string of the molecule is CCSC[C@@H](C)N1CCCN(C)C2(CCNCC2)C1. The predicted molar refractivity (Wildman–Crippen MR) is 86.1 cm³/mol. The van der Waals surface area contributed by atoms with E-state index in [1.165, 1.54) is 63.5 Å². The second-order valence-electron chi connectivity index (χ2n) is 6.23. The molecular formula is C15H31N3S. The number of nitrogens with one attached hydrogen (secondary N) is 1. The van der Waals surface area contributed by atoms with Crippen LogP contribution in [0.3, 0.4) is 0 Å². The normalized spacial score (nSPS) is 27.3. The Morgan fingerprint density at radius 3 is 2.68 bits per heavy atom. The molecule has 1 atom stereocenters. The van der Waals surface area contributed by atoms with Crippen LogP contribution >= 0.6 is 11.8 Å². The zero-order valence-corrected chi connectivity index (χ0v) is 13.8. The molecule has 1 spiro atoms. The second kappa shape index (κ2) is 7.30. The molecule has 3 nitrogen and oxygen atoms in total. The topological polar surface area (TPSA) is 18.5 Å².